The van der Waals surface area contributed by atoms with Gasteiger partial charge in [-0.05, 0) is 42.0 Å². The predicted octanol–water partition coefficient (Wildman–Crippen LogP) is 2.85. The highest BCUT2D eigenvalue weighted by Gasteiger charge is 2.19. The molecule has 0 radical (unpaired) electrons. The van der Waals surface area contributed by atoms with E-state index >= 15 is 0 Å². The maximum Gasteiger partial charge on any atom is 0.264 e. The molecule has 20 heavy (non-hydrogen) atoms. The van der Waals surface area contributed by atoms with Gasteiger partial charge in [-0.15, -0.1) is 0 Å². The number of nitrogens with one attached hydrogen (secondary N) is 1. The van der Waals surface area contributed by atoms with Gasteiger partial charge in [-0.1, -0.05) is 22.0 Å². The molecule has 0 aliphatic heterocycles. The van der Waals surface area contributed by atoms with Crippen molar-refractivity contribution in [2.75, 3.05) is 4.72 Å². The minimum absolute atomic E-state index is 0.150. The maximum atomic E-state index is 13.8. The summed E-state index contributed by atoms with van der Waals surface area (Å²) in [6, 6.07) is 10.3. The molecule has 0 bridgehead atoms. The molecule has 106 valence electrons. The molecule has 0 unspecified atom stereocenters. The van der Waals surface area contributed by atoms with E-state index in [4.69, 9.17) is 5.73 Å². The Bertz CT molecular complexity index is 718. The van der Waals surface area contributed by atoms with E-state index in [0.717, 1.165) is 10.5 Å². The highest BCUT2D eigenvalue weighted by molar-refractivity contribution is 9.10. The van der Waals surface area contributed by atoms with Crippen LogP contribution >= 0.6 is 15.9 Å². The van der Waals surface area contributed by atoms with Crippen LogP contribution in [0.25, 0.3) is 0 Å². The lowest BCUT2D eigenvalue weighted by molar-refractivity contribution is 0.569. The zero-order valence-electron chi connectivity index (χ0n) is 10.3. The van der Waals surface area contributed by atoms with Crippen LogP contribution in [0.3, 0.4) is 0 Å². The molecule has 0 aliphatic rings. The van der Waals surface area contributed by atoms with Gasteiger partial charge in [0.1, 0.15) is 10.7 Å². The summed E-state index contributed by atoms with van der Waals surface area (Å²) >= 11 is 3.25. The average Bonchev–Trinajstić information content (AvgIpc) is 2.40. The number of hydrogen-bond acceptors (Lipinski definition) is 3. The molecule has 0 saturated carbocycles. The molecule has 0 atom stereocenters. The lowest BCUT2D eigenvalue weighted by atomic mass is 10.2. The Morgan fingerprint density at radius 3 is 2.35 bits per heavy atom. The fourth-order valence-electron chi connectivity index (χ4n) is 1.62. The highest BCUT2D eigenvalue weighted by Crippen LogP contribution is 2.21. The predicted molar refractivity (Wildman–Crippen MR) is 79.2 cm³/mol. The van der Waals surface area contributed by atoms with Gasteiger partial charge < -0.3 is 5.73 Å². The molecule has 0 fully saturated rings. The number of halogens is 2. The number of rotatable bonds is 4. The average molecular weight is 359 g/mol. The Morgan fingerprint density at radius 2 is 1.80 bits per heavy atom. The number of benzene rings is 2. The second kappa shape index (κ2) is 5.90. The third-order valence-corrected chi connectivity index (χ3v) is 4.56. The number of anilines is 1. The Morgan fingerprint density at radius 1 is 1.15 bits per heavy atom. The van der Waals surface area contributed by atoms with Crippen molar-refractivity contribution in [2.24, 2.45) is 5.73 Å². The first kappa shape index (κ1) is 15.0. The molecular weight excluding hydrogens is 347 g/mol. The fourth-order valence-corrected chi connectivity index (χ4v) is 3.00. The molecule has 3 N–H and O–H groups in total. The van der Waals surface area contributed by atoms with Gasteiger partial charge >= 0.3 is 0 Å². The third-order valence-electron chi connectivity index (χ3n) is 2.62. The van der Waals surface area contributed by atoms with Gasteiger partial charge in [0.2, 0.25) is 0 Å². The largest absolute Gasteiger partial charge is 0.326 e. The Labute approximate surface area is 125 Å². The fraction of sp³-hybridized carbons (Fsp3) is 0.0769. The Kier molecular flexibility index (Phi) is 4.42. The van der Waals surface area contributed by atoms with E-state index in [2.05, 4.69) is 20.7 Å². The number of hydrogen-bond donors (Lipinski definition) is 2. The second-order valence-corrected chi connectivity index (χ2v) is 6.65. The van der Waals surface area contributed by atoms with Gasteiger partial charge in [0.05, 0.1) is 0 Å². The van der Waals surface area contributed by atoms with Crippen molar-refractivity contribution in [1.82, 2.24) is 0 Å². The van der Waals surface area contributed by atoms with E-state index in [0.29, 0.717) is 11.3 Å². The van der Waals surface area contributed by atoms with E-state index in [1.54, 1.807) is 24.3 Å². The molecule has 0 spiro atoms. The van der Waals surface area contributed by atoms with Gasteiger partial charge in [0.25, 0.3) is 10.0 Å². The monoisotopic (exact) mass is 358 g/mol. The summed E-state index contributed by atoms with van der Waals surface area (Å²) in [5.41, 5.74) is 6.27. The third kappa shape index (κ3) is 3.36. The quantitative estimate of drug-likeness (QED) is 0.882. The van der Waals surface area contributed by atoms with Crippen LogP contribution < -0.4 is 10.5 Å². The molecule has 0 saturated heterocycles. The van der Waals surface area contributed by atoms with Crippen LogP contribution in [0.1, 0.15) is 5.56 Å². The van der Waals surface area contributed by atoms with Crippen molar-refractivity contribution >= 4 is 31.6 Å². The van der Waals surface area contributed by atoms with Crippen molar-refractivity contribution < 1.29 is 12.8 Å². The molecule has 2 aromatic rings. The molecule has 2 aromatic carbocycles. The highest BCUT2D eigenvalue weighted by atomic mass is 79.9. The minimum Gasteiger partial charge on any atom is -0.326 e. The van der Waals surface area contributed by atoms with Crippen molar-refractivity contribution in [3.8, 4) is 0 Å². The van der Waals surface area contributed by atoms with Crippen molar-refractivity contribution in [3.63, 3.8) is 0 Å². The first-order chi connectivity index (χ1) is 9.42. The summed E-state index contributed by atoms with van der Waals surface area (Å²) in [6.07, 6.45) is 0. The smallest absolute Gasteiger partial charge is 0.264 e. The summed E-state index contributed by atoms with van der Waals surface area (Å²) in [6.45, 7) is 0.150. The van der Waals surface area contributed by atoms with Crippen LogP contribution in [0.15, 0.2) is 51.8 Å². The van der Waals surface area contributed by atoms with E-state index in [-0.39, 0.29) is 6.54 Å². The van der Waals surface area contributed by atoms with Crippen LogP contribution in [-0.4, -0.2) is 8.42 Å². The molecule has 4 nitrogen and oxygen atoms in total. The topological polar surface area (TPSA) is 72.2 Å². The standard InChI is InChI=1S/C13H12BrFN2O2S/c14-10-2-4-11(5-3-10)17-20(18,19)13-6-1-9(8-16)7-12(13)15/h1-7,17H,8,16H2. The summed E-state index contributed by atoms with van der Waals surface area (Å²) in [5.74, 6) is -0.822. The second-order valence-electron chi connectivity index (χ2n) is 4.08. The normalized spacial score (nSPS) is 11.3. The number of nitrogens with two attached hydrogens (primary N) is 1. The molecule has 2 rings (SSSR count). The van der Waals surface area contributed by atoms with Gasteiger partial charge in [-0.3, -0.25) is 4.72 Å². The molecule has 0 heterocycles. The van der Waals surface area contributed by atoms with Gasteiger partial charge in [-0.25, -0.2) is 12.8 Å². The Hall–Kier alpha value is -1.44. The molecule has 0 aromatic heterocycles. The van der Waals surface area contributed by atoms with Crippen molar-refractivity contribution in [2.45, 2.75) is 11.4 Å². The van der Waals surface area contributed by atoms with Crippen LogP contribution in [0.4, 0.5) is 10.1 Å². The first-order valence-corrected chi connectivity index (χ1v) is 7.97. The van der Waals surface area contributed by atoms with E-state index in [9.17, 15) is 12.8 Å². The molecule has 0 amide bonds. The minimum atomic E-state index is -3.96. The summed E-state index contributed by atoms with van der Waals surface area (Å²) in [7, 11) is -3.96. The number of sulfonamides is 1. The zero-order valence-corrected chi connectivity index (χ0v) is 12.7. The molecule has 0 aliphatic carbocycles. The van der Waals surface area contributed by atoms with Gasteiger partial charge in [0.15, 0.2) is 0 Å². The van der Waals surface area contributed by atoms with Crippen molar-refractivity contribution in [1.29, 1.82) is 0 Å². The lowest BCUT2D eigenvalue weighted by Crippen LogP contribution is -2.15. The maximum absolute atomic E-state index is 13.8. The zero-order chi connectivity index (χ0) is 14.8. The van der Waals surface area contributed by atoms with Crippen LogP contribution in [0.5, 0.6) is 0 Å². The first-order valence-electron chi connectivity index (χ1n) is 5.69. The van der Waals surface area contributed by atoms with E-state index < -0.39 is 20.7 Å². The van der Waals surface area contributed by atoms with Crippen LogP contribution in [0.2, 0.25) is 0 Å². The molecular formula is C13H12BrFN2O2S. The van der Waals surface area contributed by atoms with E-state index in [1.807, 2.05) is 0 Å². The summed E-state index contributed by atoms with van der Waals surface area (Å²) in [5, 5.41) is 0. The van der Waals surface area contributed by atoms with Gasteiger partial charge in [-0.2, -0.15) is 0 Å². The van der Waals surface area contributed by atoms with Crippen LogP contribution in [-0.2, 0) is 16.6 Å². The van der Waals surface area contributed by atoms with Crippen LogP contribution in [0, 0.1) is 5.82 Å². The van der Waals surface area contributed by atoms with Gasteiger partial charge in [0, 0.05) is 16.7 Å². The lowest BCUT2D eigenvalue weighted by Gasteiger charge is -2.09. The summed E-state index contributed by atoms with van der Waals surface area (Å²) < 4.78 is 41.2. The summed E-state index contributed by atoms with van der Waals surface area (Å²) in [4.78, 5) is -0.405. The van der Waals surface area contributed by atoms with E-state index in [1.165, 1.54) is 12.1 Å². The molecule has 7 heteroatoms. The SMILES string of the molecule is NCc1ccc(S(=O)(=O)Nc2ccc(Br)cc2)c(F)c1. The van der Waals surface area contributed by atoms with Crippen molar-refractivity contribution in [3.05, 3.63) is 58.3 Å². The Balaban J connectivity index is 2.33.